The number of H-pyrrole nitrogens is 1. The van der Waals surface area contributed by atoms with E-state index < -0.39 is 9.84 Å². The summed E-state index contributed by atoms with van der Waals surface area (Å²) >= 11 is 5.86. The first-order valence-electron chi connectivity index (χ1n) is 8.79. The van der Waals surface area contributed by atoms with E-state index in [9.17, 15) is 13.2 Å². The van der Waals surface area contributed by atoms with Crippen LogP contribution in [0.4, 0.5) is 0 Å². The minimum atomic E-state index is -3.22. The van der Waals surface area contributed by atoms with Crippen LogP contribution < -0.4 is 5.56 Å². The lowest BCUT2D eigenvalue weighted by Crippen LogP contribution is -2.15. The molecule has 5 nitrogen and oxygen atoms in total. The first kappa shape index (κ1) is 19.9. The van der Waals surface area contributed by atoms with Gasteiger partial charge in [0, 0.05) is 25.2 Å². The normalized spacial score (nSPS) is 16.4. The number of hydrogen-bond donors (Lipinski definition) is 1. The molecule has 1 fully saturated rings. The molecule has 1 N–H and O–H groups in total. The highest BCUT2D eigenvalue weighted by Crippen LogP contribution is 2.25. The van der Waals surface area contributed by atoms with Gasteiger partial charge in [-0.1, -0.05) is 29.8 Å². The van der Waals surface area contributed by atoms with Gasteiger partial charge in [0.2, 0.25) is 0 Å². The molecule has 0 bridgehead atoms. The van der Waals surface area contributed by atoms with E-state index in [4.69, 9.17) is 16.3 Å². The second-order valence-corrected chi connectivity index (χ2v) is 9.21. The first-order valence-corrected chi connectivity index (χ1v) is 11.1. The predicted octanol–water partition coefficient (Wildman–Crippen LogP) is 3.48. The average Bonchev–Trinajstić information content (AvgIpc) is 2.64. The zero-order chi connectivity index (χ0) is 19.4. The van der Waals surface area contributed by atoms with Gasteiger partial charge in [0.1, 0.15) is 5.02 Å². The zero-order valence-electron chi connectivity index (χ0n) is 15.1. The quantitative estimate of drug-likeness (QED) is 0.823. The monoisotopic (exact) mass is 407 g/mol. The molecule has 0 aliphatic carbocycles. The third kappa shape index (κ3) is 5.31. The lowest BCUT2D eigenvalue weighted by molar-refractivity contribution is 0.0786. The molecule has 1 saturated heterocycles. The number of benzene rings is 1. The molecule has 3 rings (SSSR count). The number of halogens is 1. The van der Waals surface area contributed by atoms with E-state index in [1.165, 1.54) is 6.26 Å². The molecule has 1 aromatic heterocycles. The van der Waals surface area contributed by atoms with Crippen LogP contribution in [0.5, 0.6) is 0 Å². The highest BCUT2D eigenvalue weighted by Gasteiger charge is 2.15. The molecular formula is C20H22ClNO4S. The number of rotatable bonds is 5. The van der Waals surface area contributed by atoms with Crippen molar-refractivity contribution in [1.29, 1.82) is 0 Å². The van der Waals surface area contributed by atoms with Crippen LogP contribution in [-0.4, -0.2) is 32.9 Å². The smallest absolute Gasteiger partial charge is 0.267 e. The van der Waals surface area contributed by atoms with Crippen molar-refractivity contribution in [3.63, 3.8) is 0 Å². The van der Waals surface area contributed by atoms with E-state index in [1.807, 2.05) is 12.1 Å². The van der Waals surface area contributed by atoms with Crippen molar-refractivity contribution in [2.45, 2.75) is 24.2 Å². The number of aromatic amines is 1. The minimum absolute atomic E-state index is 0.154. The molecule has 2 aromatic rings. The predicted molar refractivity (Wildman–Crippen MR) is 107 cm³/mol. The van der Waals surface area contributed by atoms with Gasteiger partial charge >= 0.3 is 0 Å². The zero-order valence-corrected chi connectivity index (χ0v) is 16.6. The van der Waals surface area contributed by atoms with Gasteiger partial charge in [-0.3, -0.25) is 4.79 Å². The number of allylic oxidation sites excluding steroid dienone is 2. The summed E-state index contributed by atoms with van der Waals surface area (Å²) in [7, 11) is -3.22. The van der Waals surface area contributed by atoms with Crippen molar-refractivity contribution in [2.75, 3.05) is 19.5 Å². The van der Waals surface area contributed by atoms with Gasteiger partial charge in [-0.2, -0.15) is 0 Å². The summed E-state index contributed by atoms with van der Waals surface area (Å²) in [5, 5.41) is 0.154. The topological polar surface area (TPSA) is 76.2 Å². The molecular weight excluding hydrogens is 386 g/mol. The van der Waals surface area contributed by atoms with Crippen molar-refractivity contribution < 1.29 is 13.2 Å². The Hall–Kier alpha value is -1.89. The summed E-state index contributed by atoms with van der Waals surface area (Å²) < 4.78 is 28.7. The first-order chi connectivity index (χ1) is 12.8. The molecule has 1 aliphatic heterocycles. The van der Waals surface area contributed by atoms with Crippen molar-refractivity contribution in [3.05, 3.63) is 69.1 Å². The van der Waals surface area contributed by atoms with Crippen molar-refractivity contribution in [3.8, 4) is 0 Å². The van der Waals surface area contributed by atoms with Crippen LogP contribution in [0, 0.1) is 5.92 Å². The standard InChI is InChI=1S/C20H22ClNO4S/c1-27(24,25)17-4-2-14(3-5-17)12-16(13-15-8-10-26-11-9-15)19-7-6-18(21)20(23)22-19/h2-7,13,15H,8-12H2,1H3,(H,22,23)/b16-13+. The molecule has 1 aromatic carbocycles. The maximum atomic E-state index is 11.9. The summed E-state index contributed by atoms with van der Waals surface area (Å²) in [5.74, 6) is 0.378. The number of nitrogens with one attached hydrogen (secondary N) is 1. The second kappa shape index (κ2) is 8.42. The Morgan fingerprint density at radius 3 is 2.44 bits per heavy atom. The number of aromatic nitrogens is 1. The van der Waals surface area contributed by atoms with Gasteiger partial charge in [0.05, 0.1) is 4.90 Å². The van der Waals surface area contributed by atoms with E-state index in [0.29, 0.717) is 17.2 Å². The lowest BCUT2D eigenvalue weighted by atomic mass is 9.93. The number of sulfone groups is 1. The van der Waals surface area contributed by atoms with Gasteiger partial charge in [0.25, 0.3) is 5.56 Å². The van der Waals surface area contributed by atoms with Crippen LogP contribution in [0.3, 0.4) is 0 Å². The Morgan fingerprint density at radius 1 is 1.19 bits per heavy atom. The number of ether oxygens (including phenoxy) is 1. The summed E-state index contributed by atoms with van der Waals surface area (Å²) in [5.41, 5.74) is 2.36. The molecule has 27 heavy (non-hydrogen) atoms. The molecule has 0 radical (unpaired) electrons. The van der Waals surface area contributed by atoms with Gasteiger partial charge in [-0.15, -0.1) is 0 Å². The van der Waals surface area contributed by atoms with Crippen molar-refractivity contribution in [1.82, 2.24) is 4.98 Å². The van der Waals surface area contributed by atoms with Crippen LogP contribution in [0.15, 0.2) is 52.2 Å². The fraction of sp³-hybridized carbons (Fsp3) is 0.350. The molecule has 0 saturated carbocycles. The van der Waals surface area contributed by atoms with Crippen LogP contribution in [-0.2, 0) is 21.0 Å². The minimum Gasteiger partial charge on any atom is -0.381 e. The molecule has 7 heteroatoms. The summed E-state index contributed by atoms with van der Waals surface area (Å²) in [4.78, 5) is 15.1. The summed E-state index contributed by atoms with van der Waals surface area (Å²) in [6.45, 7) is 1.46. The largest absolute Gasteiger partial charge is 0.381 e. The summed E-state index contributed by atoms with van der Waals surface area (Å²) in [6.07, 6.45) is 5.84. The highest BCUT2D eigenvalue weighted by atomic mass is 35.5. The Labute approximate surface area is 164 Å². The third-order valence-electron chi connectivity index (χ3n) is 4.66. The van der Waals surface area contributed by atoms with Crippen molar-refractivity contribution in [2.24, 2.45) is 5.92 Å². The molecule has 2 heterocycles. The SMILES string of the molecule is CS(=O)(=O)c1ccc(C/C(=C\C2CCOCC2)c2ccc(Cl)c(=O)[nH]2)cc1. The Balaban J connectivity index is 1.92. The van der Waals surface area contributed by atoms with Crippen LogP contribution in [0.1, 0.15) is 24.1 Å². The van der Waals surface area contributed by atoms with E-state index in [1.54, 1.807) is 24.3 Å². The van der Waals surface area contributed by atoms with Crippen LogP contribution in [0.2, 0.25) is 5.02 Å². The van der Waals surface area contributed by atoms with Gasteiger partial charge < -0.3 is 9.72 Å². The lowest BCUT2D eigenvalue weighted by Gasteiger charge is -2.20. The van der Waals surface area contributed by atoms with Gasteiger partial charge in [-0.25, -0.2) is 8.42 Å². The summed E-state index contributed by atoms with van der Waals surface area (Å²) in [6, 6.07) is 10.2. The highest BCUT2D eigenvalue weighted by molar-refractivity contribution is 7.90. The molecule has 0 atom stereocenters. The number of hydrogen-bond acceptors (Lipinski definition) is 4. The van der Waals surface area contributed by atoms with E-state index in [0.717, 1.165) is 42.9 Å². The molecule has 144 valence electrons. The van der Waals surface area contributed by atoms with Gasteiger partial charge in [-0.05, 0) is 60.6 Å². The van der Waals surface area contributed by atoms with E-state index >= 15 is 0 Å². The van der Waals surface area contributed by atoms with E-state index in [-0.39, 0.29) is 10.6 Å². The molecule has 0 amide bonds. The Kier molecular flexibility index (Phi) is 6.19. The molecule has 0 unspecified atom stereocenters. The van der Waals surface area contributed by atoms with Crippen LogP contribution >= 0.6 is 11.6 Å². The maximum Gasteiger partial charge on any atom is 0.267 e. The third-order valence-corrected chi connectivity index (χ3v) is 6.08. The second-order valence-electron chi connectivity index (χ2n) is 6.78. The molecule has 0 spiro atoms. The van der Waals surface area contributed by atoms with E-state index in [2.05, 4.69) is 11.1 Å². The Bertz CT molecular complexity index is 987. The Morgan fingerprint density at radius 2 is 1.85 bits per heavy atom. The fourth-order valence-corrected chi connectivity index (χ4v) is 3.87. The maximum absolute atomic E-state index is 11.9. The number of pyridine rings is 1. The average molecular weight is 408 g/mol. The van der Waals surface area contributed by atoms with Gasteiger partial charge in [0.15, 0.2) is 9.84 Å². The van der Waals surface area contributed by atoms with Crippen molar-refractivity contribution >= 4 is 27.0 Å². The van der Waals surface area contributed by atoms with Crippen LogP contribution in [0.25, 0.3) is 5.57 Å². The molecule has 1 aliphatic rings. The fourth-order valence-electron chi connectivity index (χ4n) is 3.13.